The zero-order valence-corrected chi connectivity index (χ0v) is 20.0. The number of aromatic nitrogens is 1. The lowest BCUT2D eigenvalue weighted by Gasteiger charge is -2.26. The molecule has 1 aromatic carbocycles. The Bertz CT molecular complexity index is 1090. The number of benzene rings is 1. The summed E-state index contributed by atoms with van der Waals surface area (Å²) in [5.74, 6) is -2.94. The van der Waals surface area contributed by atoms with Gasteiger partial charge in [0.25, 0.3) is 0 Å². The molecule has 0 saturated heterocycles. The SMILES string of the molecule is CC(C(N)=O)N(c1ccc(F)cc1)c1nc(N)c(C(=O)C(=O)C=C(N)CN(C)C2CCCC2)s1. The molecule has 1 aliphatic rings. The number of likely N-dealkylation sites (N-methyl/N-ethyl adjacent to an activating group) is 1. The molecule has 3 rings (SSSR count). The zero-order chi connectivity index (χ0) is 25.0. The summed E-state index contributed by atoms with van der Waals surface area (Å²) in [6, 6.07) is 4.88. The summed E-state index contributed by atoms with van der Waals surface area (Å²) in [6.45, 7) is 1.92. The number of thiazole rings is 1. The van der Waals surface area contributed by atoms with Crippen LogP contribution in [0.1, 0.15) is 42.3 Å². The van der Waals surface area contributed by atoms with Crippen molar-refractivity contribution in [3.8, 4) is 0 Å². The number of hydrogen-bond donors (Lipinski definition) is 3. The van der Waals surface area contributed by atoms with Gasteiger partial charge in [-0.3, -0.25) is 19.3 Å². The van der Waals surface area contributed by atoms with Crippen molar-refractivity contribution in [3.63, 3.8) is 0 Å². The van der Waals surface area contributed by atoms with E-state index < -0.39 is 29.3 Å². The van der Waals surface area contributed by atoms with Gasteiger partial charge >= 0.3 is 0 Å². The van der Waals surface area contributed by atoms with Gasteiger partial charge < -0.3 is 22.1 Å². The monoisotopic (exact) mass is 488 g/mol. The van der Waals surface area contributed by atoms with E-state index in [1.54, 1.807) is 6.92 Å². The summed E-state index contributed by atoms with van der Waals surface area (Å²) in [5.41, 5.74) is 18.2. The van der Waals surface area contributed by atoms with Crippen molar-refractivity contribution >= 4 is 45.4 Å². The van der Waals surface area contributed by atoms with Crippen molar-refractivity contribution in [1.82, 2.24) is 9.88 Å². The quantitative estimate of drug-likeness (QED) is 0.262. The third-order valence-corrected chi connectivity index (χ3v) is 6.95. The van der Waals surface area contributed by atoms with Crippen LogP contribution in [0.25, 0.3) is 0 Å². The Morgan fingerprint density at radius 1 is 1.21 bits per heavy atom. The maximum absolute atomic E-state index is 13.4. The number of hydrogen-bond acceptors (Lipinski definition) is 9. The van der Waals surface area contributed by atoms with Crippen molar-refractivity contribution in [1.29, 1.82) is 0 Å². The number of amides is 1. The molecule has 0 spiro atoms. The van der Waals surface area contributed by atoms with E-state index in [1.807, 2.05) is 7.05 Å². The fraction of sp³-hybridized carbons (Fsp3) is 0.391. The van der Waals surface area contributed by atoms with Gasteiger partial charge in [-0.05, 0) is 51.1 Å². The minimum Gasteiger partial charge on any atom is -0.401 e. The highest BCUT2D eigenvalue weighted by Crippen LogP contribution is 2.35. The lowest BCUT2D eigenvalue weighted by atomic mass is 10.1. The van der Waals surface area contributed by atoms with E-state index >= 15 is 0 Å². The van der Waals surface area contributed by atoms with Crippen molar-refractivity contribution in [2.75, 3.05) is 24.2 Å². The Kier molecular flexibility index (Phi) is 8.00. The third-order valence-electron chi connectivity index (χ3n) is 5.88. The molecule has 11 heteroatoms. The van der Waals surface area contributed by atoms with Crippen LogP contribution in [-0.2, 0) is 9.59 Å². The fourth-order valence-electron chi connectivity index (χ4n) is 3.97. The number of anilines is 3. The number of allylic oxidation sites excluding steroid dienone is 1. The first-order chi connectivity index (χ1) is 16.1. The number of halogens is 1. The van der Waals surface area contributed by atoms with Crippen LogP contribution >= 0.6 is 11.3 Å². The van der Waals surface area contributed by atoms with Gasteiger partial charge in [0.2, 0.25) is 17.5 Å². The van der Waals surface area contributed by atoms with Crippen molar-refractivity contribution in [3.05, 3.63) is 46.7 Å². The number of carbonyl (C=O) groups excluding carboxylic acids is 3. The van der Waals surface area contributed by atoms with Crippen molar-refractivity contribution < 1.29 is 18.8 Å². The molecule has 2 aromatic rings. The molecule has 1 heterocycles. The number of Topliss-reactive ketones (excluding diaryl/α,β-unsaturated/α-hetero) is 1. The molecule has 1 unspecified atom stereocenters. The topological polar surface area (TPSA) is 149 Å². The predicted octanol–water partition coefficient (Wildman–Crippen LogP) is 2.35. The molecular formula is C23H29FN6O3S. The smallest absolute Gasteiger partial charge is 0.246 e. The maximum atomic E-state index is 13.4. The van der Waals surface area contributed by atoms with E-state index in [-0.39, 0.29) is 21.5 Å². The van der Waals surface area contributed by atoms with Crippen LogP contribution in [0.2, 0.25) is 0 Å². The number of rotatable bonds is 10. The fourth-order valence-corrected chi connectivity index (χ4v) is 5.00. The lowest BCUT2D eigenvalue weighted by molar-refractivity contribution is -0.118. The second kappa shape index (κ2) is 10.7. The molecule has 1 saturated carbocycles. The van der Waals surface area contributed by atoms with E-state index in [2.05, 4.69) is 9.88 Å². The highest BCUT2D eigenvalue weighted by Gasteiger charge is 2.29. The van der Waals surface area contributed by atoms with Crippen LogP contribution in [0.5, 0.6) is 0 Å². The van der Waals surface area contributed by atoms with E-state index in [0.717, 1.165) is 30.3 Å². The van der Waals surface area contributed by atoms with Crippen LogP contribution in [0.15, 0.2) is 36.0 Å². The summed E-state index contributed by atoms with van der Waals surface area (Å²) >= 11 is 0.848. The molecule has 1 amide bonds. The molecule has 1 aliphatic carbocycles. The van der Waals surface area contributed by atoms with Crippen molar-refractivity contribution in [2.24, 2.45) is 11.5 Å². The highest BCUT2D eigenvalue weighted by atomic mass is 32.1. The first kappa shape index (κ1) is 25.3. The number of nitrogens with two attached hydrogens (primary N) is 3. The first-order valence-corrected chi connectivity index (χ1v) is 11.8. The highest BCUT2D eigenvalue weighted by molar-refractivity contribution is 7.19. The Labute approximate surface area is 201 Å². The average molecular weight is 489 g/mol. The van der Waals surface area contributed by atoms with Crippen LogP contribution in [0.4, 0.5) is 21.0 Å². The molecule has 0 aliphatic heterocycles. The van der Waals surface area contributed by atoms with Gasteiger partial charge in [0.15, 0.2) is 5.13 Å². The van der Waals surface area contributed by atoms with E-state index in [1.165, 1.54) is 42.0 Å². The molecule has 6 N–H and O–H groups in total. The number of nitrogen functional groups attached to an aromatic ring is 1. The molecule has 1 aromatic heterocycles. The average Bonchev–Trinajstić information content (AvgIpc) is 3.44. The van der Waals surface area contributed by atoms with Gasteiger partial charge in [-0.15, -0.1) is 0 Å². The normalized spacial score (nSPS) is 15.5. The number of primary amides is 1. The summed E-state index contributed by atoms with van der Waals surface area (Å²) in [6.07, 6.45) is 5.64. The summed E-state index contributed by atoms with van der Waals surface area (Å²) in [5, 5.41) is 0.171. The minimum atomic E-state index is -0.878. The lowest BCUT2D eigenvalue weighted by Crippen LogP contribution is -2.39. The number of carbonyl (C=O) groups is 3. The predicted molar refractivity (Wildman–Crippen MR) is 130 cm³/mol. The largest absolute Gasteiger partial charge is 0.401 e. The van der Waals surface area contributed by atoms with E-state index in [0.29, 0.717) is 18.3 Å². The molecule has 34 heavy (non-hydrogen) atoms. The number of ketones is 2. The third kappa shape index (κ3) is 5.78. The molecule has 182 valence electrons. The maximum Gasteiger partial charge on any atom is 0.246 e. The molecule has 0 bridgehead atoms. The Balaban J connectivity index is 1.82. The molecule has 9 nitrogen and oxygen atoms in total. The number of nitrogens with zero attached hydrogens (tertiary/aromatic N) is 3. The van der Waals surface area contributed by atoms with Gasteiger partial charge in [-0.1, -0.05) is 24.2 Å². The van der Waals surface area contributed by atoms with Gasteiger partial charge in [0.05, 0.1) is 0 Å². The second-order valence-electron chi connectivity index (χ2n) is 8.40. The molecule has 0 radical (unpaired) electrons. The Morgan fingerprint density at radius 3 is 2.41 bits per heavy atom. The van der Waals surface area contributed by atoms with Gasteiger partial charge in [0.1, 0.15) is 22.6 Å². The zero-order valence-electron chi connectivity index (χ0n) is 19.2. The van der Waals surface area contributed by atoms with E-state index in [9.17, 15) is 18.8 Å². The van der Waals surface area contributed by atoms with Crippen LogP contribution in [0, 0.1) is 5.82 Å². The molecule has 1 fully saturated rings. The van der Waals surface area contributed by atoms with Gasteiger partial charge in [-0.25, -0.2) is 9.37 Å². The summed E-state index contributed by atoms with van der Waals surface area (Å²) in [7, 11) is 1.94. The first-order valence-electron chi connectivity index (χ1n) is 10.9. The van der Waals surface area contributed by atoms with Crippen molar-refractivity contribution in [2.45, 2.75) is 44.7 Å². The van der Waals surface area contributed by atoms with Crippen LogP contribution in [0.3, 0.4) is 0 Å². The van der Waals surface area contributed by atoms with Crippen LogP contribution < -0.4 is 22.1 Å². The second-order valence-corrected chi connectivity index (χ2v) is 9.38. The standard InChI is InChI=1S/C23H29FN6O3S/c1-13(22(27)33)30(17-9-7-14(24)8-10-17)23-28-21(26)20(34-23)19(32)18(31)11-15(25)12-29(2)16-5-3-4-6-16/h7-11,13,16H,3-6,12,25-26H2,1-2H3,(H2,27,33). The summed E-state index contributed by atoms with van der Waals surface area (Å²) < 4.78 is 13.4. The summed E-state index contributed by atoms with van der Waals surface area (Å²) in [4.78, 5) is 45.0. The van der Waals surface area contributed by atoms with Gasteiger partial charge in [0, 0.05) is 30.0 Å². The van der Waals surface area contributed by atoms with Crippen LogP contribution in [-0.4, -0.2) is 53.0 Å². The van der Waals surface area contributed by atoms with Gasteiger partial charge in [-0.2, -0.15) is 0 Å². The molecular weight excluding hydrogens is 459 g/mol. The van der Waals surface area contributed by atoms with E-state index in [4.69, 9.17) is 17.2 Å². The Hall–Kier alpha value is -3.31. The molecule has 1 atom stereocenters. The minimum absolute atomic E-state index is 0.0722. The Morgan fingerprint density at radius 2 is 1.82 bits per heavy atom.